The second-order valence-corrected chi connectivity index (χ2v) is 5.93. The van der Waals surface area contributed by atoms with E-state index in [0.29, 0.717) is 6.04 Å². The normalized spacial score (nSPS) is 12.6. The molecule has 0 spiro atoms. The van der Waals surface area contributed by atoms with E-state index < -0.39 is 0 Å². The van der Waals surface area contributed by atoms with Crippen molar-refractivity contribution >= 4 is 27.3 Å². The Morgan fingerprint density at radius 1 is 1.24 bits per heavy atom. The van der Waals surface area contributed by atoms with Crippen LogP contribution in [0.3, 0.4) is 0 Å². The summed E-state index contributed by atoms with van der Waals surface area (Å²) in [6.07, 6.45) is 0. The predicted octanol–water partition coefficient (Wildman–Crippen LogP) is 4.85. The van der Waals surface area contributed by atoms with E-state index in [2.05, 4.69) is 65.4 Å². The van der Waals surface area contributed by atoms with Gasteiger partial charge in [-0.05, 0) is 31.7 Å². The Bertz CT molecular complexity index is 492. The zero-order valence-corrected chi connectivity index (χ0v) is 12.4. The molecule has 0 aliphatic heterocycles. The fourth-order valence-corrected chi connectivity index (χ4v) is 3.50. The van der Waals surface area contributed by atoms with Crippen molar-refractivity contribution in [3.05, 3.63) is 45.7 Å². The van der Waals surface area contributed by atoms with Crippen LogP contribution in [0.25, 0.3) is 10.4 Å². The van der Waals surface area contributed by atoms with Crippen LogP contribution in [0, 0.1) is 0 Å². The molecule has 1 heterocycles. The number of thiophene rings is 1. The third-order valence-corrected chi connectivity index (χ3v) is 4.70. The molecule has 0 amide bonds. The highest BCUT2D eigenvalue weighted by molar-refractivity contribution is 9.10. The molecule has 0 aliphatic rings. The molecule has 0 aliphatic carbocycles. The van der Waals surface area contributed by atoms with Crippen molar-refractivity contribution in [2.45, 2.75) is 19.9 Å². The van der Waals surface area contributed by atoms with Gasteiger partial charge >= 0.3 is 0 Å². The van der Waals surface area contributed by atoms with Gasteiger partial charge in [0.05, 0.1) is 0 Å². The van der Waals surface area contributed by atoms with Gasteiger partial charge in [-0.1, -0.05) is 41.1 Å². The molecule has 0 saturated carbocycles. The van der Waals surface area contributed by atoms with Gasteiger partial charge in [-0.2, -0.15) is 0 Å². The van der Waals surface area contributed by atoms with Crippen LogP contribution < -0.4 is 5.32 Å². The summed E-state index contributed by atoms with van der Waals surface area (Å²) >= 11 is 5.46. The van der Waals surface area contributed by atoms with Crippen molar-refractivity contribution in [3.63, 3.8) is 0 Å². The summed E-state index contributed by atoms with van der Waals surface area (Å²) in [5.41, 5.74) is 1.27. The van der Waals surface area contributed by atoms with E-state index >= 15 is 0 Å². The van der Waals surface area contributed by atoms with Crippen LogP contribution >= 0.6 is 27.3 Å². The first-order chi connectivity index (χ1) is 8.22. The molecular weight excluding hydrogens is 294 g/mol. The van der Waals surface area contributed by atoms with Crippen LogP contribution in [0.4, 0.5) is 0 Å². The molecule has 1 aromatic heterocycles. The number of hydrogen-bond donors (Lipinski definition) is 1. The molecular formula is C14H16BrNS. The lowest BCUT2D eigenvalue weighted by Crippen LogP contribution is -2.16. The van der Waals surface area contributed by atoms with Crippen molar-refractivity contribution in [1.82, 2.24) is 5.32 Å². The Kier molecular flexibility index (Phi) is 4.37. The van der Waals surface area contributed by atoms with E-state index in [4.69, 9.17) is 0 Å². The van der Waals surface area contributed by atoms with E-state index in [1.165, 1.54) is 15.3 Å². The summed E-state index contributed by atoms with van der Waals surface area (Å²) in [6, 6.07) is 13.2. The SMILES string of the molecule is CCNC(C)c1ccc(-c2ccccc2Br)s1. The van der Waals surface area contributed by atoms with Gasteiger partial charge < -0.3 is 5.32 Å². The molecule has 0 radical (unpaired) electrons. The van der Waals surface area contributed by atoms with Gasteiger partial charge in [-0.3, -0.25) is 0 Å². The minimum Gasteiger partial charge on any atom is -0.310 e. The second-order valence-electron chi connectivity index (χ2n) is 3.96. The first-order valence-electron chi connectivity index (χ1n) is 5.80. The fourth-order valence-electron chi connectivity index (χ4n) is 1.80. The smallest absolute Gasteiger partial charge is 0.0386 e. The van der Waals surface area contributed by atoms with Gasteiger partial charge in [-0.15, -0.1) is 11.3 Å². The lowest BCUT2D eigenvalue weighted by Gasteiger charge is -2.09. The maximum atomic E-state index is 3.60. The number of benzene rings is 1. The molecule has 90 valence electrons. The van der Waals surface area contributed by atoms with Gasteiger partial charge in [-0.25, -0.2) is 0 Å². The van der Waals surface area contributed by atoms with Gasteiger partial charge in [0.2, 0.25) is 0 Å². The number of nitrogens with one attached hydrogen (secondary N) is 1. The van der Waals surface area contributed by atoms with Gasteiger partial charge in [0, 0.05) is 25.8 Å². The largest absolute Gasteiger partial charge is 0.310 e. The zero-order valence-electron chi connectivity index (χ0n) is 10.0. The van der Waals surface area contributed by atoms with Crippen LogP contribution in [0.1, 0.15) is 24.8 Å². The van der Waals surface area contributed by atoms with Gasteiger partial charge in [0.25, 0.3) is 0 Å². The van der Waals surface area contributed by atoms with Crippen molar-refractivity contribution in [2.75, 3.05) is 6.54 Å². The molecule has 0 saturated heterocycles. The summed E-state index contributed by atoms with van der Waals surface area (Å²) in [5, 5.41) is 3.44. The highest BCUT2D eigenvalue weighted by Gasteiger charge is 2.09. The lowest BCUT2D eigenvalue weighted by atomic mass is 10.2. The Hall–Kier alpha value is -0.640. The highest BCUT2D eigenvalue weighted by atomic mass is 79.9. The minimum absolute atomic E-state index is 0.432. The Labute approximate surface area is 115 Å². The molecule has 2 rings (SSSR count). The van der Waals surface area contributed by atoms with Crippen LogP contribution in [0.2, 0.25) is 0 Å². The van der Waals surface area contributed by atoms with E-state index in [9.17, 15) is 0 Å². The molecule has 1 aromatic carbocycles. The van der Waals surface area contributed by atoms with Crippen LogP contribution in [-0.4, -0.2) is 6.54 Å². The molecule has 1 atom stereocenters. The number of halogens is 1. The highest BCUT2D eigenvalue weighted by Crippen LogP contribution is 2.35. The summed E-state index contributed by atoms with van der Waals surface area (Å²) in [4.78, 5) is 2.70. The van der Waals surface area contributed by atoms with E-state index in [1.807, 2.05) is 17.4 Å². The summed E-state index contributed by atoms with van der Waals surface area (Å²) in [6.45, 7) is 5.35. The maximum Gasteiger partial charge on any atom is 0.0386 e. The molecule has 3 heteroatoms. The van der Waals surface area contributed by atoms with Crippen LogP contribution in [0.5, 0.6) is 0 Å². The van der Waals surface area contributed by atoms with Crippen molar-refractivity contribution < 1.29 is 0 Å². The Balaban J connectivity index is 2.27. The average Bonchev–Trinajstić information content (AvgIpc) is 2.79. The molecule has 1 nitrogen and oxygen atoms in total. The third-order valence-electron chi connectivity index (χ3n) is 2.70. The molecule has 0 fully saturated rings. The zero-order chi connectivity index (χ0) is 12.3. The summed E-state index contributed by atoms with van der Waals surface area (Å²) in [7, 11) is 0. The van der Waals surface area contributed by atoms with Crippen molar-refractivity contribution in [3.8, 4) is 10.4 Å². The van der Waals surface area contributed by atoms with E-state index in [-0.39, 0.29) is 0 Å². The maximum absolute atomic E-state index is 3.60. The topological polar surface area (TPSA) is 12.0 Å². The lowest BCUT2D eigenvalue weighted by molar-refractivity contribution is 0.607. The van der Waals surface area contributed by atoms with Crippen LogP contribution in [0.15, 0.2) is 40.9 Å². The van der Waals surface area contributed by atoms with E-state index in [0.717, 1.165) is 11.0 Å². The standard InChI is InChI=1S/C14H16BrNS/c1-3-16-10(2)13-8-9-14(17-13)11-6-4-5-7-12(11)15/h4-10,16H,3H2,1-2H3. The Morgan fingerprint density at radius 3 is 2.71 bits per heavy atom. The third kappa shape index (κ3) is 2.97. The van der Waals surface area contributed by atoms with Crippen molar-refractivity contribution in [2.24, 2.45) is 0 Å². The Morgan fingerprint density at radius 2 is 2.00 bits per heavy atom. The number of rotatable bonds is 4. The monoisotopic (exact) mass is 309 g/mol. The van der Waals surface area contributed by atoms with Crippen molar-refractivity contribution in [1.29, 1.82) is 0 Å². The summed E-state index contributed by atoms with van der Waals surface area (Å²) < 4.78 is 1.16. The number of hydrogen-bond acceptors (Lipinski definition) is 2. The molecule has 1 unspecified atom stereocenters. The first-order valence-corrected chi connectivity index (χ1v) is 7.41. The predicted molar refractivity (Wildman–Crippen MR) is 79.5 cm³/mol. The average molecular weight is 310 g/mol. The molecule has 1 N–H and O–H groups in total. The quantitative estimate of drug-likeness (QED) is 0.851. The minimum atomic E-state index is 0.432. The van der Waals surface area contributed by atoms with Gasteiger partial charge in [0.1, 0.15) is 0 Å². The second kappa shape index (κ2) is 5.80. The first kappa shape index (κ1) is 12.8. The molecule has 17 heavy (non-hydrogen) atoms. The molecule has 2 aromatic rings. The fraction of sp³-hybridized carbons (Fsp3) is 0.286. The van der Waals surface area contributed by atoms with Gasteiger partial charge in [0.15, 0.2) is 0 Å². The van der Waals surface area contributed by atoms with Crippen LogP contribution in [-0.2, 0) is 0 Å². The van der Waals surface area contributed by atoms with E-state index in [1.54, 1.807) is 0 Å². The molecule has 0 bridgehead atoms. The summed E-state index contributed by atoms with van der Waals surface area (Å²) in [5.74, 6) is 0.